The number of hydrogen-bond acceptors (Lipinski definition) is 18. The number of halogens is 5. The second-order valence-corrected chi connectivity index (χ2v) is 24.2. The van der Waals surface area contributed by atoms with Gasteiger partial charge in [0.25, 0.3) is 0 Å². The fourth-order valence-corrected chi connectivity index (χ4v) is 12.4. The second-order valence-electron chi connectivity index (χ2n) is 20.9. The molecule has 85 heavy (non-hydrogen) atoms. The van der Waals surface area contributed by atoms with Crippen LogP contribution in [0, 0.1) is 0 Å². The number of hydrogen-bond donors (Lipinski definition) is 6. The molecule has 4 saturated heterocycles. The van der Waals surface area contributed by atoms with Gasteiger partial charge in [0.2, 0.25) is 17.7 Å². The van der Waals surface area contributed by atoms with Crippen LogP contribution < -0.4 is 27.4 Å². The lowest BCUT2D eigenvalue weighted by Crippen LogP contribution is -2.36. The number of fused-ring (bicyclic) bond motifs is 6. The second kappa shape index (κ2) is 31.7. The summed E-state index contributed by atoms with van der Waals surface area (Å²) in [4.78, 5) is 98.8. The number of nitrogens with two attached hydrogens (primary N) is 2. The topological polar surface area (TPSA) is 297 Å². The van der Waals surface area contributed by atoms with Crippen molar-refractivity contribution in [3.05, 3.63) is 126 Å². The molecule has 452 valence electrons. The quantitative estimate of drug-likeness (QED) is 0.0480. The van der Waals surface area contributed by atoms with E-state index in [-0.39, 0.29) is 70.6 Å². The number of nitrogens with one attached hydrogen (secondary N) is 3. The Morgan fingerprint density at radius 2 is 1.02 bits per heavy atom. The van der Waals surface area contributed by atoms with E-state index in [1.165, 1.54) is 26.2 Å². The van der Waals surface area contributed by atoms with Gasteiger partial charge in [0, 0.05) is 110 Å². The Hall–Kier alpha value is -5.91. The van der Waals surface area contributed by atoms with Gasteiger partial charge in [-0.2, -0.15) is 0 Å². The van der Waals surface area contributed by atoms with Crippen LogP contribution in [0.25, 0.3) is 12.2 Å². The third kappa shape index (κ3) is 18.3. The van der Waals surface area contributed by atoms with Crippen LogP contribution in [0.4, 0.5) is 29.1 Å². The molecule has 22 nitrogen and oxygen atoms in total. The van der Waals surface area contributed by atoms with Crippen LogP contribution in [-0.2, 0) is 65.0 Å². The van der Waals surface area contributed by atoms with Crippen molar-refractivity contribution in [1.82, 2.24) is 44.5 Å². The molecule has 0 radical (unpaired) electrons. The van der Waals surface area contributed by atoms with Crippen molar-refractivity contribution in [3.63, 3.8) is 0 Å². The molecule has 0 aliphatic carbocycles. The number of likely N-dealkylation sites (tertiary alicyclic amines) is 1. The summed E-state index contributed by atoms with van der Waals surface area (Å²) in [5.41, 5.74) is 17.9. The van der Waals surface area contributed by atoms with Crippen LogP contribution in [0.5, 0.6) is 0 Å². The SMILES string of the molecule is Br.CC(=O)/C=C/c1cnc2c(c1)CN1CCC[C@@H]1C(=O)N2.COC(=O)[C@H]1CCCN1Cc1cc(Br)cnc1N.Nc1ncc(Br)cc1CBr.O=C(O)/C=C/c1cnc2c(c1)CN1CCC[C@@H]1C(=O)N2.O=C1Nc2ncc(Br)cc2CN2CCC[C@H]12. The lowest BCUT2D eigenvalue weighted by molar-refractivity contribution is -0.146. The Balaban J connectivity index is 0.000000154. The molecule has 5 aromatic heterocycles. The fourth-order valence-electron chi connectivity index (χ4n) is 10.8. The highest BCUT2D eigenvalue weighted by atomic mass is 79.9. The molecule has 12 heterocycles. The molecule has 5 aromatic rings. The van der Waals surface area contributed by atoms with Crippen molar-refractivity contribution in [2.75, 3.05) is 60.7 Å². The van der Waals surface area contributed by atoms with Crippen molar-refractivity contribution in [2.24, 2.45) is 0 Å². The molecule has 7 aliphatic heterocycles. The van der Waals surface area contributed by atoms with Gasteiger partial charge in [-0.25, -0.2) is 29.7 Å². The van der Waals surface area contributed by atoms with Crippen molar-refractivity contribution in [2.45, 2.75) is 114 Å². The molecule has 8 N–H and O–H groups in total. The summed E-state index contributed by atoms with van der Waals surface area (Å²) in [6, 6.07) is 9.56. The Morgan fingerprint density at radius 3 is 1.47 bits per heavy atom. The average molecular weight is 1490 g/mol. The fraction of sp³-hybridized carbons (Fsp3) is 0.397. The predicted octanol–water partition coefficient (Wildman–Crippen LogP) is 8.92. The van der Waals surface area contributed by atoms with Crippen LogP contribution in [-0.4, -0.2) is 143 Å². The molecule has 12 rings (SSSR count). The van der Waals surface area contributed by atoms with Gasteiger partial charge in [0.15, 0.2) is 5.78 Å². The maximum absolute atomic E-state index is 12.1. The standard InChI is InChI=1S/C15H17N3O2.C14H15N3O3.C12H16BrN3O2.C11H12BrN3O.C6H6Br2N2.BrH/c1-10(19)4-5-11-7-12-9-18-6-2-3-13(18)15(20)17-14(12)16-8-11;18-12(19)4-3-9-6-10-8-17-5-1-2-11(17)14(20)16-13(10)15-7-9;1-18-12(17)10-3-2-4-16(10)7-8-5-9(13)6-15-11(8)14;12-8-4-7-6-15-3-1-2-9(15)11(16)14-10(7)13-5-8;7-2-4-1-5(8)3-10-6(4)9;/h4-5,7-8,13H,2-3,6,9H2,1H3,(H,16,17,20);3-4,6-7,11H,1-2,5,8H2,(H,18,19)(H,15,16,20);5-6,10H,2-4,7H2,1H3,(H2,14,15);4-5,9H,1-3,6H2,(H,13,14,16);1,3H,2H2,(H2,9,10);1H/b5-4+;4-3+;;;;/t13-;11-;10-;9-;;/m1111../s1. The van der Waals surface area contributed by atoms with Crippen molar-refractivity contribution in [3.8, 4) is 0 Å². The van der Waals surface area contributed by atoms with E-state index in [1.807, 2.05) is 30.3 Å². The van der Waals surface area contributed by atoms with E-state index in [9.17, 15) is 28.8 Å². The third-order valence-corrected chi connectivity index (χ3v) is 16.9. The molecule has 0 spiro atoms. The number of nitrogens with zero attached hydrogens (tertiary/aromatic N) is 9. The van der Waals surface area contributed by atoms with E-state index in [0.29, 0.717) is 42.2 Å². The van der Waals surface area contributed by atoms with Crippen LogP contribution in [0.3, 0.4) is 0 Å². The number of carbonyl (C=O) groups excluding carboxylic acids is 5. The highest BCUT2D eigenvalue weighted by Gasteiger charge is 2.37. The number of carbonyl (C=O) groups is 6. The van der Waals surface area contributed by atoms with Gasteiger partial charge in [0.1, 0.15) is 35.1 Å². The summed E-state index contributed by atoms with van der Waals surface area (Å²) in [6.07, 6.45) is 22.0. The first-order valence-electron chi connectivity index (χ1n) is 27.4. The first-order valence-corrected chi connectivity index (χ1v) is 30.9. The number of methoxy groups -OCH3 is 1. The average Bonchev–Trinajstić information content (AvgIpc) is 4.02. The summed E-state index contributed by atoms with van der Waals surface area (Å²) < 4.78 is 7.62. The molecule has 0 aromatic carbocycles. The summed E-state index contributed by atoms with van der Waals surface area (Å²) in [5, 5.41) is 18.1. The largest absolute Gasteiger partial charge is 0.478 e. The molecular weight excluding hydrogens is 1420 g/mol. The molecule has 4 atom stereocenters. The summed E-state index contributed by atoms with van der Waals surface area (Å²) in [6.45, 7) is 8.09. The van der Waals surface area contributed by atoms with Gasteiger partial charge in [-0.3, -0.25) is 43.6 Å². The third-order valence-electron chi connectivity index (χ3n) is 15.0. The number of aromatic nitrogens is 5. The molecule has 0 bridgehead atoms. The summed E-state index contributed by atoms with van der Waals surface area (Å²) >= 11 is 13.4. The molecule has 4 fully saturated rings. The van der Waals surface area contributed by atoms with E-state index in [4.69, 9.17) is 21.3 Å². The summed E-state index contributed by atoms with van der Waals surface area (Å²) in [5.74, 6) is 2.00. The highest BCUT2D eigenvalue weighted by Crippen LogP contribution is 2.32. The number of allylic oxidation sites excluding steroid dienone is 1. The number of alkyl halides is 1. The lowest BCUT2D eigenvalue weighted by atomic mass is 10.1. The number of ether oxygens (including phenoxy) is 1. The van der Waals surface area contributed by atoms with Crippen LogP contribution in [0.15, 0.2) is 86.9 Å². The number of aliphatic carboxylic acids is 1. The van der Waals surface area contributed by atoms with Crippen LogP contribution in [0.2, 0.25) is 0 Å². The van der Waals surface area contributed by atoms with Gasteiger partial charge in [-0.1, -0.05) is 15.9 Å². The number of ketones is 1. The zero-order valence-electron chi connectivity index (χ0n) is 46.8. The minimum absolute atomic E-state index is 0. The van der Waals surface area contributed by atoms with Crippen LogP contribution >= 0.6 is 80.7 Å². The zero-order chi connectivity index (χ0) is 60.0. The van der Waals surface area contributed by atoms with Crippen molar-refractivity contribution >= 4 is 157 Å². The van der Waals surface area contributed by atoms with E-state index in [1.54, 1.807) is 37.1 Å². The van der Waals surface area contributed by atoms with E-state index < -0.39 is 5.97 Å². The summed E-state index contributed by atoms with van der Waals surface area (Å²) in [7, 11) is 1.42. The number of carboxylic acid groups (broad SMARTS) is 1. The van der Waals surface area contributed by atoms with E-state index in [2.05, 4.69) is 124 Å². The Kier molecular flexibility index (Phi) is 24.8. The number of carboxylic acids is 1. The van der Waals surface area contributed by atoms with Gasteiger partial charge in [0.05, 0.1) is 25.2 Å². The highest BCUT2D eigenvalue weighted by molar-refractivity contribution is 9.11. The first kappa shape index (κ1) is 66.6. The Bertz CT molecular complexity index is 3220. The van der Waals surface area contributed by atoms with Gasteiger partial charge < -0.3 is 37.3 Å². The number of pyridine rings is 5. The number of esters is 1. The first-order chi connectivity index (χ1) is 40.3. The lowest BCUT2D eigenvalue weighted by Gasteiger charge is -2.22. The Labute approximate surface area is 537 Å². The zero-order valence-corrected chi connectivity index (χ0v) is 54.9. The predicted molar refractivity (Wildman–Crippen MR) is 344 cm³/mol. The molecule has 3 amide bonds. The molecule has 7 aliphatic rings. The van der Waals surface area contributed by atoms with Gasteiger partial charge >= 0.3 is 11.9 Å². The minimum Gasteiger partial charge on any atom is -0.478 e. The molecule has 0 saturated carbocycles. The number of amides is 3. The van der Waals surface area contributed by atoms with Crippen molar-refractivity contribution in [1.29, 1.82) is 0 Å². The maximum Gasteiger partial charge on any atom is 0.328 e. The van der Waals surface area contributed by atoms with E-state index in [0.717, 1.165) is 154 Å². The number of anilines is 5. The number of nitrogen functional groups attached to an aromatic ring is 2. The van der Waals surface area contributed by atoms with Gasteiger partial charge in [-0.05, 0) is 192 Å². The monoisotopic (exact) mass is 1480 g/mol. The van der Waals surface area contributed by atoms with Crippen LogP contribution in [0.1, 0.15) is 97.2 Å². The Morgan fingerprint density at radius 1 is 0.612 bits per heavy atom. The van der Waals surface area contributed by atoms with E-state index >= 15 is 0 Å². The molecule has 0 unspecified atom stereocenters. The van der Waals surface area contributed by atoms with Gasteiger partial charge in [-0.15, -0.1) is 17.0 Å². The number of rotatable bonds is 8. The minimum atomic E-state index is -0.993. The molecule has 27 heteroatoms. The molecular formula is C58H67Br5N14O8. The smallest absolute Gasteiger partial charge is 0.328 e. The normalized spacial score (nSPS) is 20.5. The maximum atomic E-state index is 12.1. The van der Waals surface area contributed by atoms with Crippen molar-refractivity contribution < 1.29 is 38.6 Å².